The van der Waals surface area contributed by atoms with Gasteiger partial charge in [0.05, 0.1) is 4.90 Å². The minimum atomic E-state index is -3.95. The van der Waals surface area contributed by atoms with Crippen LogP contribution < -0.4 is 10.0 Å². The maximum Gasteiger partial charge on any atom is 0.241 e. The summed E-state index contributed by atoms with van der Waals surface area (Å²) >= 11 is 12.1. The normalized spacial score (nSPS) is 12.4. The van der Waals surface area contributed by atoms with Crippen LogP contribution >= 0.6 is 23.2 Å². The maximum atomic E-state index is 13.3. The molecule has 0 aliphatic heterocycles. The van der Waals surface area contributed by atoms with E-state index in [1.54, 1.807) is 32.0 Å². The molecule has 33 heavy (non-hydrogen) atoms. The monoisotopic (exact) mass is 504 g/mol. The van der Waals surface area contributed by atoms with Gasteiger partial charge in [0.25, 0.3) is 0 Å². The quantitative estimate of drug-likeness (QED) is 0.446. The molecule has 0 aliphatic carbocycles. The first-order valence-corrected chi connectivity index (χ1v) is 12.7. The SMILES string of the molecule is Cc1cc(C)c(S(=O)(=O)N[C@@H](Cc2ccccc2)C(=O)NCc2ccc(Cl)cc2Cl)c(C)c1. The number of carbonyl (C=O) groups is 1. The molecule has 174 valence electrons. The Labute approximate surface area is 205 Å². The van der Waals surface area contributed by atoms with Crippen LogP contribution in [0.4, 0.5) is 0 Å². The Kier molecular flexibility index (Phi) is 8.19. The Bertz CT molecular complexity index is 1240. The summed E-state index contributed by atoms with van der Waals surface area (Å²) in [6, 6.07) is 16.9. The summed E-state index contributed by atoms with van der Waals surface area (Å²) in [6.45, 7) is 5.56. The second-order valence-electron chi connectivity index (χ2n) is 8.04. The van der Waals surface area contributed by atoms with Crippen molar-refractivity contribution >= 4 is 39.1 Å². The van der Waals surface area contributed by atoms with Gasteiger partial charge in [0.15, 0.2) is 0 Å². The predicted molar refractivity (Wildman–Crippen MR) is 133 cm³/mol. The number of amides is 1. The molecule has 0 fully saturated rings. The molecule has 3 rings (SSSR count). The zero-order chi connectivity index (χ0) is 24.2. The Balaban J connectivity index is 1.87. The van der Waals surface area contributed by atoms with Gasteiger partial charge in [-0.25, -0.2) is 8.42 Å². The number of carbonyl (C=O) groups excluding carboxylic acids is 1. The molecule has 3 aromatic carbocycles. The molecule has 0 spiro atoms. The third kappa shape index (κ3) is 6.58. The molecule has 5 nitrogen and oxygen atoms in total. The lowest BCUT2D eigenvalue weighted by atomic mass is 10.1. The van der Waals surface area contributed by atoms with E-state index in [2.05, 4.69) is 10.0 Å². The van der Waals surface area contributed by atoms with E-state index >= 15 is 0 Å². The van der Waals surface area contributed by atoms with Crippen molar-refractivity contribution in [2.45, 2.75) is 44.7 Å². The van der Waals surface area contributed by atoms with E-state index in [0.717, 1.165) is 11.1 Å². The molecule has 0 unspecified atom stereocenters. The molecule has 3 aromatic rings. The molecule has 0 heterocycles. The molecule has 0 bridgehead atoms. The van der Waals surface area contributed by atoms with Gasteiger partial charge in [-0.2, -0.15) is 4.72 Å². The number of aryl methyl sites for hydroxylation is 3. The summed E-state index contributed by atoms with van der Waals surface area (Å²) in [7, 11) is -3.95. The second kappa shape index (κ2) is 10.7. The third-order valence-corrected chi connectivity index (χ3v) is 7.60. The van der Waals surface area contributed by atoms with Crippen LogP contribution in [-0.2, 0) is 27.8 Å². The zero-order valence-electron chi connectivity index (χ0n) is 18.7. The zero-order valence-corrected chi connectivity index (χ0v) is 21.0. The van der Waals surface area contributed by atoms with E-state index in [-0.39, 0.29) is 17.9 Å². The summed E-state index contributed by atoms with van der Waals surface area (Å²) < 4.78 is 29.3. The first-order chi connectivity index (χ1) is 15.6. The molecule has 0 aromatic heterocycles. The topological polar surface area (TPSA) is 75.3 Å². The lowest BCUT2D eigenvalue weighted by Gasteiger charge is -2.21. The molecule has 8 heteroatoms. The molecule has 0 radical (unpaired) electrons. The Hall–Kier alpha value is -2.38. The van der Waals surface area contributed by atoms with Gasteiger partial charge in [0.2, 0.25) is 15.9 Å². The number of rotatable bonds is 8. The minimum Gasteiger partial charge on any atom is -0.351 e. The van der Waals surface area contributed by atoms with Gasteiger partial charge >= 0.3 is 0 Å². The summed E-state index contributed by atoms with van der Waals surface area (Å²) in [4.78, 5) is 13.3. The van der Waals surface area contributed by atoms with Crippen molar-refractivity contribution in [1.29, 1.82) is 0 Å². The van der Waals surface area contributed by atoms with Gasteiger partial charge in [-0.1, -0.05) is 77.3 Å². The third-order valence-electron chi connectivity index (χ3n) is 5.24. The fourth-order valence-corrected chi connectivity index (χ4v) is 5.97. The van der Waals surface area contributed by atoms with E-state index in [0.29, 0.717) is 26.7 Å². The van der Waals surface area contributed by atoms with E-state index in [4.69, 9.17) is 23.2 Å². The average molecular weight is 505 g/mol. The van der Waals surface area contributed by atoms with E-state index in [1.807, 2.05) is 49.4 Å². The van der Waals surface area contributed by atoms with Gasteiger partial charge in [0, 0.05) is 16.6 Å². The largest absolute Gasteiger partial charge is 0.351 e. The molecule has 0 saturated carbocycles. The highest BCUT2D eigenvalue weighted by Gasteiger charge is 2.28. The Morgan fingerprint density at radius 1 is 0.939 bits per heavy atom. The standard InChI is InChI=1S/C25H26Cl2N2O3S/c1-16-11-17(2)24(18(3)12-16)33(31,32)29-23(13-19-7-5-4-6-8-19)25(30)28-15-20-9-10-21(26)14-22(20)27/h4-12,14,23,29H,13,15H2,1-3H3,(H,28,30)/t23-/m0/s1. The predicted octanol–water partition coefficient (Wildman–Crippen LogP) is 5.12. The highest BCUT2D eigenvalue weighted by atomic mass is 35.5. The highest BCUT2D eigenvalue weighted by molar-refractivity contribution is 7.89. The van der Waals surface area contributed by atoms with Crippen molar-refractivity contribution in [3.63, 3.8) is 0 Å². The van der Waals surface area contributed by atoms with Crippen LogP contribution in [-0.4, -0.2) is 20.4 Å². The van der Waals surface area contributed by atoms with Crippen molar-refractivity contribution in [2.24, 2.45) is 0 Å². The van der Waals surface area contributed by atoms with Crippen molar-refractivity contribution in [3.8, 4) is 0 Å². The number of nitrogens with one attached hydrogen (secondary N) is 2. The smallest absolute Gasteiger partial charge is 0.241 e. The minimum absolute atomic E-state index is 0.143. The van der Waals surface area contributed by atoms with Gasteiger partial charge in [-0.15, -0.1) is 0 Å². The lowest BCUT2D eigenvalue weighted by molar-refractivity contribution is -0.122. The van der Waals surface area contributed by atoms with Crippen LogP contribution in [0.15, 0.2) is 65.6 Å². The van der Waals surface area contributed by atoms with Gasteiger partial charge in [-0.3, -0.25) is 4.79 Å². The highest BCUT2D eigenvalue weighted by Crippen LogP contribution is 2.23. The van der Waals surface area contributed by atoms with Crippen LogP contribution in [0.3, 0.4) is 0 Å². The Morgan fingerprint density at radius 2 is 1.58 bits per heavy atom. The molecule has 1 amide bonds. The fourth-order valence-electron chi connectivity index (χ4n) is 3.85. The average Bonchev–Trinajstić information content (AvgIpc) is 2.72. The van der Waals surface area contributed by atoms with Crippen LogP contribution in [0.1, 0.15) is 27.8 Å². The first-order valence-electron chi connectivity index (χ1n) is 10.4. The molecular formula is C25H26Cl2N2O3S. The first kappa shape index (κ1) is 25.2. The van der Waals surface area contributed by atoms with Crippen molar-refractivity contribution in [3.05, 3.63) is 98.5 Å². The van der Waals surface area contributed by atoms with Crippen LogP contribution in [0.25, 0.3) is 0 Å². The molecule has 2 N–H and O–H groups in total. The molecule has 0 saturated heterocycles. The summed E-state index contributed by atoms with van der Waals surface area (Å²) in [6.07, 6.45) is 0.199. The summed E-state index contributed by atoms with van der Waals surface area (Å²) in [5.41, 5.74) is 3.75. The van der Waals surface area contributed by atoms with Gasteiger partial charge in [0.1, 0.15) is 6.04 Å². The number of hydrogen-bond donors (Lipinski definition) is 2. The fraction of sp³-hybridized carbons (Fsp3) is 0.240. The van der Waals surface area contributed by atoms with Crippen molar-refractivity contribution < 1.29 is 13.2 Å². The van der Waals surface area contributed by atoms with E-state index in [9.17, 15) is 13.2 Å². The van der Waals surface area contributed by atoms with Crippen LogP contribution in [0.5, 0.6) is 0 Å². The van der Waals surface area contributed by atoms with Crippen molar-refractivity contribution in [1.82, 2.24) is 10.0 Å². The van der Waals surface area contributed by atoms with Gasteiger partial charge < -0.3 is 5.32 Å². The summed E-state index contributed by atoms with van der Waals surface area (Å²) in [5.74, 6) is -0.448. The molecule has 1 atom stereocenters. The van der Waals surface area contributed by atoms with E-state index < -0.39 is 22.0 Å². The maximum absolute atomic E-state index is 13.3. The summed E-state index contributed by atoms with van der Waals surface area (Å²) in [5, 5.41) is 3.72. The lowest BCUT2D eigenvalue weighted by Crippen LogP contribution is -2.48. The Morgan fingerprint density at radius 3 is 2.18 bits per heavy atom. The molecular weight excluding hydrogens is 479 g/mol. The number of benzene rings is 3. The van der Waals surface area contributed by atoms with E-state index in [1.165, 1.54) is 0 Å². The van der Waals surface area contributed by atoms with Gasteiger partial charge in [-0.05, 0) is 61.6 Å². The molecule has 0 aliphatic rings. The van der Waals surface area contributed by atoms with Crippen LogP contribution in [0.2, 0.25) is 10.0 Å². The van der Waals surface area contributed by atoms with Crippen LogP contribution in [0, 0.1) is 20.8 Å². The van der Waals surface area contributed by atoms with Crippen molar-refractivity contribution in [2.75, 3.05) is 0 Å². The second-order valence-corrected chi connectivity index (χ2v) is 10.5. The number of sulfonamides is 1. The number of halogens is 2. The number of hydrogen-bond acceptors (Lipinski definition) is 3.